The van der Waals surface area contributed by atoms with Gasteiger partial charge in [-0.05, 0) is 24.6 Å². The fourth-order valence-corrected chi connectivity index (χ4v) is 1.60. The maximum atomic E-state index is 11.5. The predicted octanol–water partition coefficient (Wildman–Crippen LogP) is 0.926. The summed E-state index contributed by atoms with van der Waals surface area (Å²) in [6, 6.07) is 3.09. The van der Waals surface area contributed by atoms with Crippen molar-refractivity contribution in [2.45, 2.75) is 6.92 Å². The van der Waals surface area contributed by atoms with Gasteiger partial charge in [0, 0.05) is 7.05 Å². The molecule has 0 aliphatic carbocycles. The summed E-state index contributed by atoms with van der Waals surface area (Å²) in [5.41, 5.74) is 1.16. The number of amides is 2. The highest BCUT2D eigenvalue weighted by Crippen LogP contribution is 2.30. The molecule has 1 aliphatic rings. The van der Waals surface area contributed by atoms with Gasteiger partial charge in [-0.25, -0.2) is 0 Å². The van der Waals surface area contributed by atoms with Gasteiger partial charge in [0.05, 0.1) is 11.1 Å². The van der Waals surface area contributed by atoms with E-state index in [0.29, 0.717) is 0 Å². The summed E-state index contributed by atoms with van der Waals surface area (Å²) in [6.07, 6.45) is 0. The number of imide groups is 1. The Hall–Kier alpha value is -1.84. The Morgan fingerprint density at radius 1 is 1.21 bits per heavy atom. The predicted molar refractivity (Wildman–Crippen MR) is 49.3 cm³/mol. The van der Waals surface area contributed by atoms with Crippen LogP contribution in [0.1, 0.15) is 26.3 Å². The second-order valence-corrected chi connectivity index (χ2v) is 3.38. The zero-order valence-electron chi connectivity index (χ0n) is 7.87. The molecule has 1 N–H and O–H groups in total. The number of carbonyl (C=O) groups excluding carboxylic acids is 2. The van der Waals surface area contributed by atoms with E-state index in [1.54, 1.807) is 13.0 Å². The number of carbonyl (C=O) groups is 2. The van der Waals surface area contributed by atoms with Crippen LogP contribution in [0.2, 0.25) is 0 Å². The number of hydrogen-bond acceptors (Lipinski definition) is 3. The lowest BCUT2D eigenvalue weighted by atomic mass is 10.1. The van der Waals surface area contributed by atoms with Crippen LogP contribution < -0.4 is 0 Å². The van der Waals surface area contributed by atoms with Crippen molar-refractivity contribution >= 4 is 11.8 Å². The lowest BCUT2D eigenvalue weighted by Gasteiger charge is -2.02. The van der Waals surface area contributed by atoms with Crippen LogP contribution in [-0.2, 0) is 0 Å². The van der Waals surface area contributed by atoms with Crippen molar-refractivity contribution in [2.75, 3.05) is 7.05 Å². The summed E-state index contributed by atoms with van der Waals surface area (Å²) in [6.45, 7) is 1.76. The van der Waals surface area contributed by atoms with Gasteiger partial charge in [-0.15, -0.1) is 0 Å². The van der Waals surface area contributed by atoms with Gasteiger partial charge in [0.25, 0.3) is 11.8 Å². The van der Waals surface area contributed by atoms with Crippen molar-refractivity contribution < 1.29 is 14.7 Å². The Labute approximate surface area is 80.8 Å². The second kappa shape index (κ2) is 2.57. The monoisotopic (exact) mass is 191 g/mol. The molecule has 4 nitrogen and oxygen atoms in total. The highest BCUT2D eigenvalue weighted by atomic mass is 16.3. The number of fused-ring (bicyclic) bond motifs is 1. The number of nitrogens with zero attached hydrogens (tertiary/aromatic N) is 1. The Balaban J connectivity index is 2.76. The van der Waals surface area contributed by atoms with E-state index >= 15 is 0 Å². The highest BCUT2D eigenvalue weighted by molar-refractivity contribution is 6.22. The van der Waals surface area contributed by atoms with E-state index < -0.39 is 5.91 Å². The molecule has 0 bridgehead atoms. The summed E-state index contributed by atoms with van der Waals surface area (Å²) in [4.78, 5) is 24.0. The van der Waals surface area contributed by atoms with Crippen LogP contribution in [0.15, 0.2) is 12.1 Å². The zero-order chi connectivity index (χ0) is 10.5. The smallest absolute Gasteiger partial charge is 0.265 e. The Morgan fingerprint density at radius 2 is 1.86 bits per heavy atom. The van der Waals surface area contributed by atoms with Gasteiger partial charge in [0.1, 0.15) is 5.75 Å². The van der Waals surface area contributed by atoms with E-state index in [1.165, 1.54) is 13.1 Å². The molecule has 1 aromatic rings. The summed E-state index contributed by atoms with van der Waals surface area (Å²) in [5.74, 6) is -0.922. The topological polar surface area (TPSA) is 57.6 Å². The number of aromatic hydroxyl groups is 1. The molecular formula is C10H9NO3. The van der Waals surface area contributed by atoms with Gasteiger partial charge < -0.3 is 5.11 Å². The van der Waals surface area contributed by atoms with Crippen LogP contribution in [-0.4, -0.2) is 28.9 Å². The molecule has 0 spiro atoms. The quantitative estimate of drug-likeness (QED) is 0.620. The largest absolute Gasteiger partial charge is 0.507 e. The van der Waals surface area contributed by atoms with E-state index in [-0.39, 0.29) is 22.8 Å². The van der Waals surface area contributed by atoms with Crippen LogP contribution in [0.25, 0.3) is 0 Å². The second-order valence-electron chi connectivity index (χ2n) is 3.38. The van der Waals surface area contributed by atoms with E-state index in [1.807, 2.05) is 0 Å². The average Bonchev–Trinajstić information content (AvgIpc) is 2.31. The van der Waals surface area contributed by atoms with Crippen molar-refractivity contribution in [3.63, 3.8) is 0 Å². The normalized spacial score (nSPS) is 14.9. The molecule has 1 aliphatic heterocycles. The third kappa shape index (κ3) is 0.937. The molecule has 0 unspecified atom stereocenters. The molecule has 72 valence electrons. The molecule has 0 saturated heterocycles. The first-order valence-electron chi connectivity index (χ1n) is 4.18. The Bertz CT molecular complexity index is 451. The number of phenolic OH excluding ortho intramolecular Hbond substituents is 1. The van der Waals surface area contributed by atoms with E-state index in [2.05, 4.69) is 0 Å². The van der Waals surface area contributed by atoms with Crippen LogP contribution in [0.4, 0.5) is 0 Å². The molecular weight excluding hydrogens is 182 g/mol. The Kier molecular flexibility index (Phi) is 1.61. The first-order chi connectivity index (χ1) is 6.52. The van der Waals surface area contributed by atoms with E-state index in [4.69, 9.17) is 0 Å². The highest BCUT2D eigenvalue weighted by Gasteiger charge is 2.35. The lowest BCUT2D eigenvalue weighted by molar-refractivity contribution is 0.0692. The van der Waals surface area contributed by atoms with Crippen LogP contribution in [0, 0.1) is 6.92 Å². The minimum absolute atomic E-state index is 0.114. The standard InChI is InChI=1S/C10H9NO3/c1-5-3-6-8(7(12)4-5)10(14)11(2)9(6)13/h3-4,12H,1-2H3. The third-order valence-electron chi connectivity index (χ3n) is 2.32. The SMILES string of the molecule is Cc1cc(O)c2c(c1)C(=O)N(C)C2=O. The number of hydrogen-bond donors (Lipinski definition) is 1. The molecule has 14 heavy (non-hydrogen) atoms. The van der Waals surface area contributed by atoms with Gasteiger partial charge >= 0.3 is 0 Å². The lowest BCUT2D eigenvalue weighted by Crippen LogP contribution is -2.24. The number of phenols is 1. The van der Waals surface area contributed by atoms with Crippen LogP contribution >= 0.6 is 0 Å². The molecule has 2 amide bonds. The molecule has 0 aromatic heterocycles. The molecule has 0 radical (unpaired) electrons. The maximum Gasteiger partial charge on any atom is 0.265 e. The van der Waals surface area contributed by atoms with Gasteiger partial charge in [0.15, 0.2) is 0 Å². The van der Waals surface area contributed by atoms with Crippen molar-refractivity contribution in [1.29, 1.82) is 0 Å². The first kappa shape index (κ1) is 8.74. The minimum Gasteiger partial charge on any atom is -0.507 e. The fourth-order valence-electron chi connectivity index (χ4n) is 1.60. The average molecular weight is 191 g/mol. The molecule has 0 fully saturated rings. The molecule has 1 aromatic carbocycles. The third-order valence-corrected chi connectivity index (χ3v) is 2.32. The maximum absolute atomic E-state index is 11.5. The van der Waals surface area contributed by atoms with Crippen molar-refractivity contribution in [3.8, 4) is 5.75 Å². The van der Waals surface area contributed by atoms with Crippen molar-refractivity contribution in [2.24, 2.45) is 0 Å². The molecule has 1 heterocycles. The number of aryl methyl sites for hydroxylation is 1. The minimum atomic E-state index is -0.442. The van der Waals surface area contributed by atoms with Crippen molar-refractivity contribution in [1.82, 2.24) is 4.90 Å². The summed E-state index contributed by atoms with van der Waals surface area (Å²) < 4.78 is 0. The number of benzene rings is 1. The van der Waals surface area contributed by atoms with Gasteiger partial charge in [-0.1, -0.05) is 0 Å². The first-order valence-corrected chi connectivity index (χ1v) is 4.18. The molecule has 2 rings (SSSR count). The molecule has 4 heteroatoms. The number of rotatable bonds is 0. The summed E-state index contributed by atoms with van der Waals surface area (Å²) >= 11 is 0. The van der Waals surface area contributed by atoms with Crippen molar-refractivity contribution in [3.05, 3.63) is 28.8 Å². The summed E-state index contributed by atoms with van der Waals surface area (Å²) in [5, 5.41) is 9.52. The Morgan fingerprint density at radius 3 is 2.50 bits per heavy atom. The van der Waals surface area contributed by atoms with Gasteiger partial charge in [0.2, 0.25) is 0 Å². The molecule has 0 atom stereocenters. The van der Waals surface area contributed by atoms with Crippen LogP contribution in [0.3, 0.4) is 0 Å². The van der Waals surface area contributed by atoms with Gasteiger partial charge in [-0.3, -0.25) is 14.5 Å². The fraction of sp³-hybridized carbons (Fsp3) is 0.200. The van der Waals surface area contributed by atoms with E-state index in [0.717, 1.165) is 10.5 Å². The van der Waals surface area contributed by atoms with Gasteiger partial charge in [-0.2, -0.15) is 0 Å². The summed E-state index contributed by atoms with van der Waals surface area (Å²) in [7, 11) is 1.40. The molecule has 0 saturated carbocycles. The van der Waals surface area contributed by atoms with Crippen LogP contribution in [0.5, 0.6) is 5.75 Å². The zero-order valence-corrected chi connectivity index (χ0v) is 7.87. The van der Waals surface area contributed by atoms with E-state index in [9.17, 15) is 14.7 Å².